The highest BCUT2D eigenvalue weighted by Crippen LogP contribution is 2.25. The summed E-state index contributed by atoms with van der Waals surface area (Å²) in [6, 6.07) is 12.9. The average molecular weight is 387 g/mol. The fourth-order valence-corrected chi connectivity index (χ4v) is 2.88. The first-order valence-electron chi connectivity index (χ1n) is 7.65. The quantitative estimate of drug-likeness (QED) is 0.782. The van der Waals surface area contributed by atoms with Gasteiger partial charge in [-0.25, -0.2) is 0 Å². The SMILES string of the molecule is C[C@H](NC(=O)C[NH+](C)Cc1ccc(Cl)cc1)c1ccc(Cl)c(Cl)c1. The van der Waals surface area contributed by atoms with Gasteiger partial charge in [0.1, 0.15) is 6.54 Å². The van der Waals surface area contributed by atoms with E-state index in [-0.39, 0.29) is 11.9 Å². The molecule has 2 atom stereocenters. The molecule has 0 spiro atoms. The molecule has 0 fully saturated rings. The summed E-state index contributed by atoms with van der Waals surface area (Å²) >= 11 is 17.8. The lowest BCUT2D eigenvalue weighted by atomic mass is 10.1. The Balaban J connectivity index is 1.87. The van der Waals surface area contributed by atoms with Gasteiger partial charge in [-0.3, -0.25) is 4.79 Å². The number of hydrogen-bond donors (Lipinski definition) is 2. The first-order chi connectivity index (χ1) is 11.3. The first-order valence-corrected chi connectivity index (χ1v) is 8.78. The van der Waals surface area contributed by atoms with Gasteiger partial charge in [0, 0.05) is 10.6 Å². The molecule has 0 saturated heterocycles. The second-order valence-electron chi connectivity index (χ2n) is 5.90. The van der Waals surface area contributed by atoms with Gasteiger partial charge in [-0.1, -0.05) is 53.0 Å². The number of rotatable bonds is 6. The van der Waals surface area contributed by atoms with Gasteiger partial charge in [0.05, 0.1) is 23.1 Å². The number of hydrogen-bond acceptors (Lipinski definition) is 1. The highest BCUT2D eigenvalue weighted by Gasteiger charge is 2.15. The zero-order valence-corrected chi connectivity index (χ0v) is 15.8. The maximum atomic E-state index is 12.2. The summed E-state index contributed by atoms with van der Waals surface area (Å²) in [6.07, 6.45) is 0. The minimum Gasteiger partial charge on any atom is -0.345 e. The Morgan fingerprint density at radius 2 is 1.75 bits per heavy atom. The number of halogens is 3. The van der Waals surface area contributed by atoms with Crippen molar-refractivity contribution in [3.63, 3.8) is 0 Å². The van der Waals surface area contributed by atoms with Gasteiger partial charge in [0.25, 0.3) is 5.91 Å². The molecule has 2 rings (SSSR count). The molecule has 128 valence electrons. The molecule has 1 amide bonds. The van der Waals surface area contributed by atoms with E-state index in [0.717, 1.165) is 22.6 Å². The largest absolute Gasteiger partial charge is 0.345 e. The van der Waals surface area contributed by atoms with Crippen LogP contribution in [0.2, 0.25) is 15.1 Å². The van der Waals surface area contributed by atoms with E-state index >= 15 is 0 Å². The predicted molar refractivity (Wildman–Crippen MR) is 99.9 cm³/mol. The molecular weight excluding hydrogens is 367 g/mol. The molecule has 0 radical (unpaired) electrons. The highest BCUT2D eigenvalue weighted by molar-refractivity contribution is 6.42. The molecule has 0 bridgehead atoms. The Kier molecular flexibility index (Phi) is 6.93. The lowest BCUT2D eigenvalue weighted by Crippen LogP contribution is -3.08. The molecule has 0 heterocycles. The van der Waals surface area contributed by atoms with Crippen LogP contribution in [-0.2, 0) is 11.3 Å². The van der Waals surface area contributed by atoms with E-state index in [0.29, 0.717) is 21.6 Å². The average Bonchev–Trinajstić information content (AvgIpc) is 2.52. The van der Waals surface area contributed by atoms with E-state index in [2.05, 4.69) is 5.32 Å². The van der Waals surface area contributed by atoms with Crippen molar-refractivity contribution < 1.29 is 9.69 Å². The van der Waals surface area contributed by atoms with Crippen molar-refractivity contribution in [1.82, 2.24) is 5.32 Å². The Hall–Kier alpha value is -1.26. The van der Waals surface area contributed by atoms with Crippen LogP contribution in [0.5, 0.6) is 0 Å². The van der Waals surface area contributed by atoms with Gasteiger partial charge in [0.15, 0.2) is 6.54 Å². The maximum absolute atomic E-state index is 12.2. The van der Waals surface area contributed by atoms with Gasteiger partial charge in [-0.2, -0.15) is 0 Å². The maximum Gasteiger partial charge on any atom is 0.275 e. The fraction of sp³-hybridized carbons (Fsp3) is 0.278. The molecule has 0 aromatic heterocycles. The van der Waals surface area contributed by atoms with E-state index in [4.69, 9.17) is 34.8 Å². The van der Waals surface area contributed by atoms with Gasteiger partial charge in [-0.05, 0) is 36.8 Å². The topological polar surface area (TPSA) is 33.5 Å². The highest BCUT2D eigenvalue weighted by atomic mass is 35.5. The second-order valence-corrected chi connectivity index (χ2v) is 7.15. The standard InChI is InChI=1S/C18H19Cl3N2O/c1-12(14-5-8-16(20)17(21)9-14)22-18(24)11-23(2)10-13-3-6-15(19)7-4-13/h3-9,12H,10-11H2,1-2H3,(H,22,24)/p+1/t12-/m0/s1. The van der Waals surface area contributed by atoms with Gasteiger partial charge in [-0.15, -0.1) is 0 Å². The summed E-state index contributed by atoms with van der Waals surface area (Å²) < 4.78 is 0. The lowest BCUT2D eigenvalue weighted by molar-refractivity contribution is -0.885. The number of nitrogens with one attached hydrogen (secondary N) is 2. The monoisotopic (exact) mass is 385 g/mol. The predicted octanol–water partition coefficient (Wildman–Crippen LogP) is 3.54. The molecule has 0 aliphatic carbocycles. The van der Waals surface area contributed by atoms with E-state index in [1.807, 2.05) is 44.3 Å². The summed E-state index contributed by atoms with van der Waals surface area (Å²) in [7, 11) is 1.98. The van der Waals surface area contributed by atoms with E-state index < -0.39 is 0 Å². The molecule has 24 heavy (non-hydrogen) atoms. The minimum absolute atomic E-state index is 0.0139. The first kappa shape index (κ1) is 19.1. The molecular formula is C18H20Cl3N2O+. The van der Waals surface area contributed by atoms with Crippen LogP contribution in [0.4, 0.5) is 0 Å². The molecule has 2 aromatic rings. The summed E-state index contributed by atoms with van der Waals surface area (Å²) in [6.45, 7) is 3.06. The van der Waals surface area contributed by atoms with Gasteiger partial charge < -0.3 is 10.2 Å². The minimum atomic E-state index is -0.129. The van der Waals surface area contributed by atoms with Crippen LogP contribution in [0.1, 0.15) is 24.1 Å². The fourth-order valence-electron chi connectivity index (χ4n) is 2.44. The summed E-state index contributed by atoms with van der Waals surface area (Å²) in [5.41, 5.74) is 2.07. The third-order valence-corrected chi connectivity index (χ3v) is 4.69. The van der Waals surface area contributed by atoms with Crippen molar-refractivity contribution in [3.05, 3.63) is 68.7 Å². The van der Waals surface area contributed by atoms with Crippen molar-refractivity contribution in [2.75, 3.05) is 13.6 Å². The molecule has 2 aromatic carbocycles. The molecule has 2 N–H and O–H groups in total. The van der Waals surface area contributed by atoms with Crippen LogP contribution >= 0.6 is 34.8 Å². The molecule has 1 unspecified atom stereocenters. The van der Waals surface area contributed by atoms with Crippen LogP contribution in [0.3, 0.4) is 0 Å². The van der Waals surface area contributed by atoms with Crippen molar-refractivity contribution >= 4 is 40.7 Å². The molecule has 0 saturated carbocycles. The van der Waals surface area contributed by atoms with Crippen molar-refractivity contribution in [2.45, 2.75) is 19.5 Å². The molecule has 0 aliphatic heterocycles. The van der Waals surface area contributed by atoms with Crippen LogP contribution in [0.15, 0.2) is 42.5 Å². The third-order valence-electron chi connectivity index (χ3n) is 3.70. The molecule has 6 heteroatoms. The van der Waals surface area contributed by atoms with Crippen LogP contribution in [0, 0.1) is 0 Å². The second kappa shape index (κ2) is 8.72. The summed E-state index contributed by atoms with van der Waals surface area (Å²) in [4.78, 5) is 13.3. The van der Waals surface area contributed by atoms with E-state index in [1.54, 1.807) is 12.1 Å². The zero-order valence-electron chi connectivity index (χ0n) is 13.6. The van der Waals surface area contributed by atoms with Crippen molar-refractivity contribution in [3.8, 4) is 0 Å². The van der Waals surface area contributed by atoms with Crippen LogP contribution in [-0.4, -0.2) is 19.5 Å². The smallest absolute Gasteiger partial charge is 0.275 e. The van der Waals surface area contributed by atoms with Crippen LogP contribution in [0.25, 0.3) is 0 Å². The Morgan fingerprint density at radius 3 is 2.38 bits per heavy atom. The number of benzene rings is 2. The zero-order chi connectivity index (χ0) is 17.7. The van der Waals surface area contributed by atoms with Crippen molar-refractivity contribution in [1.29, 1.82) is 0 Å². The van der Waals surface area contributed by atoms with E-state index in [9.17, 15) is 4.79 Å². The Labute approximate surface area is 157 Å². The number of quaternary nitrogens is 1. The van der Waals surface area contributed by atoms with Crippen LogP contribution < -0.4 is 10.2 Å². The third kappa shape index (κ3) is 5.67. The van der Waals surface area contributed by atoms with Gasteiger partial charge >= 0.3 is 0 Å². The summed E-state index contributed by atoms with van der Waals surface area (Å²) in [5, 5.41) is 4.69. The normalized spacial score (nSPS) is 13.4. The number of carbonyl (C=O) groups is 1. The Morgan fingerprint density at radius 1 is 1.08 bits per heavy atom. The van der Waals surface area contributed by atoms with Gasteiger partial charge in [0.2, 0.25) is 0 Å². The van der Waals surface area contributed by atoms with Crippen molar-refractivity contribution in [2.24, 2.45) is 0 Å². The number of likely N-dealkylation sites (N-methyl/N-ethyl adjacent to an activating group) is 1. The lowest BCUT2D eigenvalue weighted by Gasteiger charge is -2.18. The Bertz CT molecular complexity index is 704. The molecule has 3 nitrogen and oxygen atoms in total. The van der Waals surface area contributed by atoms with E-state index in [1.165, 1.54) is 0 Å². The number of amides is 1. The number of carbonyl (C=O) groups excluding carboxylic acids is 1. The summed E-state index contributed by atoms with van der Waals surface area (Å²) in [5.74, 6) is -0.0139. The molecule has 0 aliphatic rings.